The zero-order valence-electron chi connectivity index (χ0n) is 13.5. The molecule has 126 valence electrons. The molecular formula is C16H28N2O4. The van der Waals surface area contributed by atoms with Crippen LogP contribution >= 0.6 is 0 Å². The zero-order chi connectivity index (χ0) is 15.9. The van der Waals surface area contributed by atoms with E-state index in [0.717, 1.165) is 25.4 Å². The van der Waals surface area contributed by atoms with Crippen molar-refractivity contribution in [1.29, 1.82) is 0 Å². The van der Waals surface area contributed by atoms with Crippen LogP contribution < -0.4 is 0 Å². The van der Waals surface area contributed by atoms with Crippen LogP contribution in [0.1, 0.15) is 19.6 Å². The number of furan rings is 1. The second-order valence-corrected chi connectivity index (χ2v) is 6.20. The summed E-state index contributed by atoms with van der Waals surface area (Å²) in [5.41, 5.74) is 0. The summed E-state index contributed by atoms with van der Waals surface area (Å²) >= 11 is 0. The lowest BCUT2D eigenvalue weighted by Gasteiger charge is -2.40. The molecule has 2 rings (SSSR count). The summed E-state index contributed by atoms with van der Waals surface area (Å²) < 4.78 is 10.6. The first-order chi connectivity index (χ1) is 10.5. The summed E-state index contributed by atoms with van der Waals surface area (Å²) in [5.74, 6) is 0.771. The third-order valence-corrected chi connectivity index (χ3v) is 3.95. The molecule has 1 aliphatic heterocycles. The van der Waals surface area contributed by atoms with Crippen LogP contribution in [-0.4, -0.2) is 77.6 Å². The van der Waals surface area contributed by atoms with E-state index in [2.05, 4.69) is 16.7 Å². The van der Waals surface area contributed by atoms with Gasteiger partial charge in [0.2, 0.25) is 0 Å². The van der Waals surface area contributed by atoms with E-state index in [0.29, 0.717) is 32.3 Å². The molecule has 22 heavy (non-hydrogen) atoms. The van der Waals surface area contributed by atoms with Gasteiger partial charge in [-0.2, -0.15) is 0 Å². The standard InChI is InChI=1S/C16H28N2O4/c1-13-8-17(5-6-18(13)9-14(2)19)10-15(20)11-21-12-16-4-3-7-22-16/h3-4,7,13-15,19-20H,5-6,8-12H2,1-2H3/t13-,14+,15+/m1/s1. The highest BCUT2D eigenvalue weighted by Crippen LogP contribution is 2.11. The molecule has 1 saturated heterocycles. The first kappa shape index (κ1) is 17.4. The van der Waals surface area contributed by atoms with E-state index in [-0.39, 0.29) is 6.10 Å². The Morgan fingerprint density at radius 2 is 2.18 bits per heavy atom. The van der Waals surface area contributed by atoms with Crippen molar-refractivity contribution >= 4 is 0 Å². The summed E-state index contributed by atoms with van der Waals surface area (Å²) in [4.78, 5) is 4.55. The van der Waals surface area contributed by atoms with Crippen molar-refractivity contribution in [3.63, 3.8) is 0 Å². The summed E-state index contributed by atoms with van der Waals surface area (Å²) in [7, 11) is 0. The highest BCUT2D eigenvalue weighted by Gasteiger charge is 2.25. The van der Waals surface area contributed by atoms with Gasteiger partial charge in [-0.25, -0.2) is 0 Å². The van der Waals surface area contributed by atoms with Gasteiger partial charge in [-0.15, -0.1) is 0 Å². The number of ether oxygens (including phenoxy) is 1. The molecule has 1 aromatic rings. The van der Waals surface area contributed by atoms with Crippen molar-refractivity contribution in [2.75, 3.05) is 39.3 Å². The van der Waals surface area contributed by atoms with Crippen LogP contribution in [0.3, 0.4) is 0 Å². The van der Waals surface area contributed by atoms with Gasteiger partial charge in [-0.05, 0) is 26.0 Å². The second kappa shape index (κ2) is 8.64. The van der Waals surface area contributed by atoms with Gasteiger partial charge in [0.05, 0.1) is 25.1 Å². The fourth-order valence-electron chi connectivity index (χ4n) is 2.89. The largest absolute Gasteiger partial charge is 0.467 e. The van der Waals surface area contributed by atoms with Crippen molar-refractivity contribution in [3.05, 3.63) is 24.2 Å². The Hall–Kier alpha value is -0.920. The van der Waals surface area contributed by atoms with Crippen molar-refractivity contribution in [3.8, 4) is 0 Å². The fraction of sp³-hybridized carbons (Fsp3) is 0.750. The maximum atomic E-state index is 10.1. The molecule has 1 aliphatic rings. The molecule has 1 fully saturated rings. The van der Waals surface area contributed by atoms with Gasteiger partial charge in [0, 0.05) is 38.8 Å². The molecular weight excluding hydrogens is 284 g/mol. The van der Waals surface area contributed by atoms with Gasteiger partial charge in [-0.1, -0.05) is 0 Å². The van der Waals surface area contributed by atoms with E-state index in [1.807, 2.05) is 19.1 Å². The smallest absolute Gasteiger partial charge is 0.129 e. The van der Waals surface area contributed by atoms with Gasteiger partial charge in [0.15, 0.2) is 0 Å². The van der Waals surface area contributed by atoms with E-state index < -0.39 is 6.10 Å². The number of hydrogen-bond acceptors (Lipinski definition) is 6. The highest BCUT2D eigenvalue weighted by molar-refractivity contribution is 4.96. The number of nitrogens with zero attached hydrogens (tertiary/aromatic N) is 2. The second-order valence-electron chi connectivity index (χ2n) is 6.20. The molecule has 6 nitrogen and oxygen atoms in total. The minimum atomic E-state index is -0.495. The average Bonchev–Trinajstić information content (AvgIpc) is 2.95. The molecule has 0 spiro atoms. The minimum Gasteiger partial charge on any atom is -0.467 e. The number of β-amino-alcohol motifs (C(OH)–C–C–N with tert-alkyl or cyclic N) is 2. The maximum Gasteiger partial charge on any atom is 0.129 e. The monoisotopic (exact) mass is 312 g/mol. The van der Waals surface area contributed by atoms with Crippen LogP contribution in [0.2, 0.25) is 0 Å². The van der Waals surface area contributed by atoms with Crippen LogP contribution in [0, 0.1) is 0 Å². The van der Waals surface area contributed by atoms with E-state index >= 15 is 0 Å². The molecule has 0 saturated carbocycles. The van der Waals surface area contributed by atoms with Gasteiger partial charge in [0.1, 0.15) is 12.4 Å². The molecule has 0 radical (unpaired) electrons. The Labute approximate surface area is 132 Å². The Morgan fingerprint density at radius 1 is 1.36 bits per heavy atom. The molecule has 2 heterocycles. The minimum absolute atomic E-state index is 0.297. The summed E-state index contributed by atoms with van der Waals surface area (Å²) in [5, 5.41) is 19.6. The summed E-state index contributed by atoms with van der Waals surface area (Å²) in [6, 6.07) is 4.07. The van der Waals surface area contributed by atoms with Crippen LogP contribution in [0.5, 0.6) is 0 Å². The third kappa shape index (κ3) is 5.70. The van der Waals surface area contributed by atoms with Gasteiger partial charge < -0.3 is 19.4 Å². The molecule has 6 heteroatoms. The predicted molar refractivity (Wildman–Crippen MR) is 83.5 cm³/mol. The number of hydrogen-bond donors (Lipinski definition) is 2. The summed E-state index contributed by atoms with van der Waals surface area (Å²) in [6.45, 7) is 8.74. The lowest BCUT2D eigenvalue weighted by Crippen LogP contribution is -2.54. The fourth-order valence-corrected chi connectivity index (χ4v) is 2.89. The Bertz CT molecular complexity index is 410. The number of aliphatic hydroxyl groups excluding tert-OH is 2. The third-order valence-electron chi connectivity index (χ3n) is 3.95. The van der Waals surface area contributed by atoms with Gasteiger partial charge in [-0.3, -0.25) is 9.80 Å². The average molecular weight is 312 g/mol. The van der Waals surface area contributed by atoms with Crippen LogP contribution in [0.4, 0.5) is 0 Å². The molecule has 2 N–H and O–H groups in total. The quantitative estimate of drug-likeness (QED) is 0.730. The topological polar surface area (TPSA) is 69.3 Å². The molecule has 0 bridgehead atoms. The SMILES string of the molecule is C[C@H](O)CN1CCN(C[C@H](O)COCc2ccco2)C[C@H]1C. The molecule has 3 atom stereocenters. The van der Waals surface area contributed by atoms with Gasteiger partial charge in [0.25, 0.3) is 0 Å². The Balaban J connectivity index is 1.64. The van der Waals surface area contributed by atoms with E-state index in [1.54, 1.807) is 6.26 Å². The predicted octanol–water partition coefficient (Wildman–Crippen LogP) is 0.544. The van der Waals surface area contributed by atoms with E-state index in [9.17, 15) is 10.2 Å². The van der Waals surface area contributed by atoms with Crippen molar-refractivity contribution in [1.82, 2.24) is 9.80 Å². The molecule has 0 aliphatic carbocycles. The van der Waals surface area contributed by atoms with Crippen molar-refractivity contribution < 1.29 is 19.4 Å². The van der Waals surface area contributed by atoms with Crippen LogP contribution in [0.25, 0.3) is 0 Å². The zero-order valence-corrected chi connectivity index (χ0v) is 13.5. The molecule has 0 amide bonds. The van der Waals surface area contributed by atoms with E-state index in [4.69, 9.17) is 9.15 Å². The first-order valence-electron chi connectivity index (χ1n) is 7.97. The molecule has 0 unspecified atom stereocenters. The van der Waals surface area contributed by atoms with Crippen LogP contribution in [0.15, 0.2) is 22.8 Å². The lowest BCUT2D eigenvalue weighted by atomic mass is 10.1. The van der Waals surface area contributed by atoms with Gasteiger partial charge >= 0.3 is 0 Å². The molecule has 1 aromatic heterocycles. The summed E-state index contributed by atoms with van der Waals surface area (Å²) in [6.07, 6.45) is 0.823. The van der Waals surface area contributed by atoms with Crippen molar-refractivity contribution in [2.24, 2.45) is 0 Å². The lowest BCUT2D eigenvalue weighted by molar-refractivity contribution is -0.0142. The Morgan fingerprint density at radius 3 is 2.82 bits per heavy atom. The first-order valence-corrected chi connectivity index (χ1v) is 7.97. The highest BCUT2D eigenvalue weighted by atomic mass is 16.5. The molecule has 0 aromatic carbocycles. The van der Waals surface area contributed by atoms with Crippen molar-refractivity contribution in [2.45, 2.75) is 38.7 Å². The number of piperazine rings is 1. The maximum absolute atomic E-state index is 10.1. The van der Waals surface area contributed by atoms with E-state index in [1.165, 1.54) is 0 Å². The number of aliphatic hydroxyl groups is 2. The normalized spacial score (nSPS) is 23.5. The Kier molecular flexibility index (Phi) is 6.85. The van der Waals surface area contributed by atoms with Crippen LogP contribution in [-0.2, 0) is 11.3 Å². The number of rotatable bonds is 8.